The highest BCUT2D eigenvalue weighted by Gasteiger charge is 2.15. The number of anilines is 1. The maximum Gasteiger partial charge on any atom is 0.190 e. The van der Waals surface area contributed by atoms with E-state index in [9.17, 15) is 4.39 Å². The largest absolute Gasteiger partial charge is 0.399 e. The summed E-state index contributed by atoms with van der Waals surface area (Å²) >= 11 is 5.84. The zero-order valence-electron chi connectivity index (χ0n) is 10.2. The predicted octanol–water partition coefficient (Wildman–Crippen LogP) is 2.70. The van der Waals surface area contributed by atoms with Crippen LogP contribution in [0.4, 0.5) is 10.1 Å². The van der Waals surface area contributed by atoms with Crippen molar-refractivity contribution in [2.75, 3.05) is 5.73 Å². The van der Waals surface area contributed by atoms with E-state index in [1.807, 2.05) is 0 Å². The van der Waals surface area contributed by atoms with Crippen LogP contribution in [0, 0.1) is 5.82 Å². The van der Waals surface area contributed by atoms with Crippen LogP contribution in [-0.4, -0.2) is 20.2 Å². The van der Waals surface area contributed by atoms with E-state index in [4.69, 9.17) is 17.3 Å². The molecule has 0 amide bonds. The quantitative estimate of drug-likeness (QED) is 0.736. The van der Waals surface area contributed by atoms with Gasteiger partial charge >= 0.3 is 0 Å². The Kier molecular flexibility index (Phi) is 3.08. The number of rotatable bonds is 2. The third-order valence-corrected chi connectivity index (χ3v) is 3.02. The number of nitrogens with zero attached hydrogens (tertiary/aromatic N) is 4. The van der Waals surface area contributed by atoms with E-state index in [1.54, 1.807) is 24.3 Å². The minimum Gasteiger partial charge on any atom is -0.399 e. The molecule has 1 heterocycles. The summed E-state index contributed by atoms with van der Waals surface area (Å²) in [6, 6.07) is 11.2. The molecule has 0 spiro atoms. The molecule has 20 heavy (non-hydrogen) atoms. The van der Waals surface area contributed by atoms with Gasteiger partial charge in [-0.15, -0.1) is 5.10 Å². The highest BCUT2D eigenvalue weighted by Crippen LogP contribution is 2.25. The molecule has 0 aliphatic heterocycles. The van der Waals surface area contributed by atoms with Crippen LogP contribution in [0.25, 0.3) is 17.1 Å². The summed E-state index contributed by atoms with van der Waals surface area (Å²) in [4.78, 5) is 0. The van der Waals surface area contributed by atoms with E-state index in [2.05, 4.69) is 15.5 Å². The molecule has 0 aliphatic carbocycles. The lowest BCUT2D eigenvalue weighted by Gasteiger charge is -2.06. The van der Waals surface area contributed by atoms with Crippen molar-refractivity contribution in [3.8, 4) is 17.1 Å². The van der Waals surface area contributed by atoms with E-state index >= 15 is 0 Å². The minimum atomic E-state index is -0.441. The molecule has 0 bridgehead atoms. The summed E-state index contributed by atoms with van der Waals surface area (Å²) < 4.78 is 15.3. The second kappa shape index (κ2) is 4.90. The van der Waals surface area contributed by atoms with Gasteiger partial charge in [0.2, 0.25) is 0 Å². The van der Waals surface area contributed by atoms with Gasteiger partial charge in [0.1, 0.15) is 5.82 Å². The maximum absolute atomic E-state index is 13.9. The van der Waals surface area contributed by atoms with E-state index in [-0.39, 0.29) is 11.4 Å². The highest BCUT2D eigenvalue weighted by molar-refractivity contribution is 6.30. The first-order chi connectivity index (χ1) is 9.65. The van der Waals surface area contributed by atoms with Crippen molar-refractivity contribution in [3.63, 3.8) is 0 Å². The number of aromatic nitrogens is 4. The zero-order chi connectivity index (χ0) is 14.1. The molecule has 2 aromatic carbocycles. The van der Waals surface area contributed by atoms with E-state index in [0.29, 0.717) is 16.4 Å². The number of halogens is 2. The monoisotopic (exact) mass is 289 g/mol. The van der Waals surface area contributed by atoms with Crippen LogP contribution >= 0.6 is 11.6 Å². The Hall–Kier alpha value is -2.47. The van der Waals surface area contributed by atoms with Crippen LogP contribution in [0.1, 0.15) is 0 Å². The number of benzene rings is 2. The second-order valence-corrected chi connectivity index (χ2v) is 4.57. The second-order valence-electron chi connectivity index (χ2n) is 4.13. The van der Waals surface area contributed by atoms with Gasteiger partial charge in [-0.1, -0.05) is 11.6 Å². The predicted molar refractivity (Wildman–Crippen MR) is 74.0 cm³/mol. The zero-order valence-corrected chi connectivity index (χ0v) is 10.9. The molecule has 0 saturated carbocycles. The van der Waals surface area contributed by atoms with Gasteiger partial charge < -0.3 is 5.73 Å². The Balaban J connectivity index is 2.15. The van der Waals surface area contributed by atoms with Crippen molar-refractivity contribution in [3.05, 3.63) is 53.3 Å². The Labute approximate surface area is 118 Å². The first-order valence-corrected chi connectivity index (χ1v) is 6.12. The number of hydrogen-bond donors (Lipinski definition) is 1. The molecule has 5 nitrogen and oxygen atoms in total. The fourth-order valence-electron chi connectivity index (χ4n) is 1.83. The summed E-state index contributed by atoms with van der Waals surface area (Å²) in [7, 11) is 0. The van der Waals surface area contributed by atoms with Gasteiger partial charge in [0, 0.05) is 10.7 Å². The Morgan fingerprint density at radius 3 is 2.60 bits per heavy atom. The van der Waals surface area contributed by atoms with Crippen LogP contribution in [0.2, 0.25) is 5.02 Å². The molecule has 3 aromatic rings. The van der Waals surface area contributed by atoms with Gasteiger partial charge in [-0.25, -0.2) is 4.39 Å². The fraction of sp³-hybridized carbons (Fsp3) is 0. The Bertz CT molecular complexity index is 754. The van der Waals surface area contributed by atoms with Gasteiger partial charge in [0.15, 0.2) is 5.82 Å². The van der Waals surface area contributed by atoms with Gasteiger partial charge in [0.25, 0.3) is 0 Å². The van der Waals surface area contributed by atoms with E-state index < -0.39 is 5.82 Å². The third-order valence-electron chi connectivity index (χ3n) is 2.77. The summed E-state index contributed by atoms with van der Waals surface area (Å²) in [6.07, 6.45) is 0. The van der Waals surface area contributed by atoms with E-state index in [1.165, 1.54) is 22.9 Å². The van der Waals surface area contributed by atoms with Crippen molar-refractivity contribution in [1.82, 2.24) is 20.2 Å². The summed E-state index contributed by atoms with van der Waals surface area (Å²) in [5.74, 6) is -0.165. The molecule has 0 radical (unpaired) electrons. The molecule has 0 aliphatic rings. The molecule has 1 aromatic heterocycles. The Morgan fingerprint density at radius 1 is 1.10 bits per heavy atom. The summed E-state index contributed by atoms with van der Waals surface area (Å²) in [5.41, 5.74) is 7.04. The molecule has 7 heteroatoms. The Morgan fingerprint density at radius 2 is 1.85 bits per heavy atom. The average molecular weight is 290 g/mol. The lowest BCUT2D eigenvalue weighted by Crippen LogP contribution is -2.01. The van der Waals surface area contributed by atoms with Crippen molar-refractivity contribution in [2.24, 2.45) is 0 Å². The van der Waals surface area contributed by atoms with Gasteiger partial charge in [0.05, 0.1) is 11.3 Å². The topological polar surface area (TPSA) is 69.6 Å². The first kappa shape index (κ1) is 12.6. The lowest BCUT2D eigenvalue weighted by atomic mass is 10.1. The smallest absolute Gasteiger partial charge is 0.190 e. The molecule has 0 unspecified atom stereocenters. The van der Waals surface area contributed by atoms with Crippen molar-refractivity contribution in [2.45, 2.75) is 0 Å². The van der Waals surface area contributed by atoms with Gasteiger partial charge in [-0.2, -0.15) is 4.68 Å². The van der Waals surface area contributed by atoms with Gasteiger partial charge in [-0.3, -0.25) is 0 Å². The molecule has 0 fully saturated rings. The van der Waals surface area contributed by atoms with Crippen molar-refractivity contribution < 1.29 is 4.39 Å². The summed E-state index contributed by atoms with van der Waals surface area (Å²) in [5, 5.41) is 11.9. The molecular formula is C13H9ClFN5. The number of hydrogen-bond acceptors (Lipinski definition) is 4. The molecule has 100 valence electrons. The number of nitrogen functional groups attached to an aromatic ring is 1. The van der Waals surface area contributed by atoms with E-state index in [0.717, 1.165) is 0 Å². The average Bonchev–Trinajstić information content (AvgIpc) is 2.91. The normalized spacial score (nSPS) is 10.7. The van der Waals surface area contributed by atoms with Crippen molar-refractivity contribution >= 4 is 17.3 Å². The van der Waals surface area contributed by atoms with Crippen LogP contribution in [0.3, 0.4) is 0 Å². The molecular weight excluding hydrogens is 281 g/mol. The number of nitrogens with two attached hydrogens (primary N) is 1. The van der Waals surface area contributed by atoms with Gasteiger partial charge in [-0.05, 0) is 52.9 Å². The maximum atomic E-state index is 13.9. The number of tetrazole rings is 1. The van der Waals surface area contributed by atoms with Crippen LogP contribution in [0.15, 0.2) is 42.5 Å². The van der Waals surface area contributed by atoms with Crippen LogP contribution in [-0.2, 0) is 0 Å². The minimum absolute atomic E-state index is 0.241. The summed E-state index contributed by atoms with van der Waals surface area (Å²) in [6.45, 7) is 0. The molecule has 0 saturated heterocycles. The SMILES string of the molecule is Nc1ccc(F)c(-c2nnnn2-c2ccc(Cl)cc2)c1. The third kappa shape index (κ3) is 2.21. The standard InChI is InChI=1S/C13H9ClFN5/c14-8-1-4-10(5-2-8)20-13(17-18-19-20)11-7-9(16)3-6-12(11)15/h1-7H,16H2. The lowest BCUT2D eigenvalue weighted by molar-refractivity contribution is 0.629. The van der Waals surface area contributed by atoms with Crippen LogP contribution < -0.4 is 5.73 Å². The molecule has 0 atom stereocenters. The molecule has 2 N–H and O–H groups in total. The fourth-order valence-corrected chi connectivity index (χ4v) is 1.95. The van der Waals surface area contributed by atoms with Crippen LogP contribution in [0.5, 0.6) is 0 Å². The first-order valence-electron chi connectivity index (χ1n) is 5.75. The highest BCUT2D eigenvalue weighted by atomic mass is 35.5. The molecule has 3 rings (SSSR count). The van der Waals surface area contributed by atoms with Crippen molar-refractivity contribution in [1.29, 1.82) is 0 Å².